The zero-order valence-corrected chi connectivity index (χ0v) is 55.2. The highest BCUT2D eigenvalue weighted by Gasteiger charge is 2.30. The van der Waals surface area contributed by atoms with E-state index in [9.17, 15) is 0 Å². The molecule has 0 aromatic heterocycles. The largest absolute Gasteiger partial charge is 0.192 e. The molecule has 0 aliphatic heterocycles. The van der Waals surface area contributed by atoms with E-state index in [4.69, 9.17) is 15.8 Å². The summed E-state index contributed by atoms with van der Waals surface area (Å²) >= 11 is 0. The lowest BCUT2D eigenvalue weighted by Gasteiger charge is -2.33. The van der Waals surface area contributed by atoms with Crippen LogP contribution in [0, 0.1) is 87.3 Å². The van der Waals surface area contributed by atoms with Crippen molar-refractivity contribution in [3.05, 3.63) is 161 Å². The molecule has 6 aliphatic rings. The number of nitrogens with zero attached hydrogens (tertiary/aromatic N) is 3. The third-order valence-corrected chi connectivity index (χ3v) is 21.6. The fourth-order valence-corrected chi connectivity index (χ4v) is 15.7. The highest BCUT2D eigenvalue weighted by Crippen LogP contribution is 2.43. The number of allylic oxidation sites excluding steroid dienone is 12. The summed E-state index contributed by atoms with van der Waals surface area (Å²) in [6, 6.07) is 30.6. The van der Waals surface area contributed by atoms with Gasteiger partial charge in [0, 0.05) is 0 Å². The molecule has 3 nitrogen and oxygen atoms in total. The van der Waals surface area contributed by atoms with E-state index in [0.29, 0.717) is 0 Å². The third kappa shape index (κ3) is 24.8. The molecule has 0 heterocycles. The molecule has 3 fully saturated rings. The minimum Gasteiger partial charge on any atom is -0.192 e. The van der Waals surface area contributed by atoms with Gasteiger partial charge in [0.15, 0.2) is 0 Å². The minimum absolute atomic E-state index is 0.733. The van der Waals surface area contributed by atoms with Crippen LogP contribution in [0.5, 0.6) is 0 Å². The molecule has 0 amide bonds. The Morgan fingerprint density at radius 1 is 0.299 bits per heavy atom. The highest BCUT2D eigenvalue weighted by atomic mass is 14.4. The van der Waals surface area contributed by atoms with Gasteiger partial charge in [-0.05, 0) is 181 Å². The number of rotatable bonds is 30. The first-order chi connectivity index (χ1) is 42.9. The lowest BCUT2D eigenvalue weighted by atomic mass is 9.72. The summed E-state index contributed by atoms with van der Waals surface area (Å²) in [5.74, 6) is 7.85. The van der Waals surface area contributed by atoms with Crippen molar-refractivity contribution >= 4 is 16.7 Å². The van der Waals surface area contributed by atoms with Gasteiger partial charge in [-0.2, -0.15) is 15.8 Å². The van der Waals surface area contributed by atoms with E-state index < -0.39 is 0 Å². The maximum absolute atomic E-state index is 8.97. The van der Waals surface area contributed by atoms with E-state index in [1.807, 2.05) is 36.4 Å². The van der Waals surface area contributed by atoms with Gasteiger partial charge in [0.2, 0.25) is 0 Å². The van der Waals surface area contributed by atoms with Crippen LogP contribution in [0.25, 0.3) is 16.7 Å². The van der Waals surface area contributed by atoms with Gasteiger partial charge in [-0.3, -0.25) is 0 Å². The van der Waals surface area contributed by atoms with Gasteiger partial charge >= 0.3 is 0 Å². The number of benzene rings is 3. The molecular weight excluding hydrogens is 1050 g/mol. The SMILES string of the molecule is CCCCCCCCC1CCC(C2C=CC(c3ccc(C#N)cc3)=CC2)CC1.CCCCCCCCCC1CCC(C2C=CC(c3ccc(C#N)cc3)=CC2)CC1.CCCCCCCCCCC1CCC(C2C=CC(c3ccc(C#N)cc3)=CC2)CC1. The Morgan fingerprint density at radius 3 is 0.736 bits per heavy atom. The van der Waals surface area contributed by atoms with E-state index in [1.165, 1.54) is 284 Å². The van der Waals surface area contributed by atoms with E-state index in [2.05, 4.69) is 130 Å². The Labute approximate surface area is 533 Å². The number of hydrogen-bond acceptors (Lipinski definition) is 3. The average molecular weight is 1170 g/mol. The number of unbranched alkanes of at least 4 members (excludes halogenated alkanes) is 18. The van der Waals surface area contributed by atoms with Crippen LogP contribution in [0.15, 0.2) is 127 Å². The van der Waals surface area contributed by atoms with Crippen LogP contribution in [-0.2, 0) is 0 Å². The van der Waals surface area contributed by atoms with Crippen LogP contribution >= 0.6 is 0 Å². The van der Waals surface area contributed by atoms with Crippen molar-refractivity contribution in [2.45, 2.75) is 271 Å². The van der Waals surface area contributed by atoms with Crippen LogP contribution in [0.4, 0.5) is 0 Å². The molecule has 87 heavy (non-hydrogen) atoms. The number of nitriles is 3. The molecule has 3 aromatic carbocycles. The number of hydrogen-bond donors (Lipinski definition) is 0. The summed E-state index contributed by atoms with van der Waals surface area (Å²) < 4.78 is 0. The smallest absolute Gasteiger partial charge is 0.0991 e. The van der Waals surface area contributed by atoms with Crippen molar-refractivity contribution in [2.24, 2.45) is 53.3 Å². The van der Waals surface area contributed by atoms with Gasteiger partial charge in [0.1, 0.15) is 0 Å². The average Bonchev–Trinajstić information content (AvgIpc) is 3.70. The Hall–Kier alpha value is -5.43. The maximum atomic E-state index is 8.97. The molecule has 9 rings (SSSR count). The minimum atomic E-state index is 0.733. The summed E-state index contributed by atoms with van der Waals surface area (Å²) in [5, 5.41) is 26.9. The Balaban J connectivity index is 0.000000187. The Kier molecular flexibility index (Phi) is 32.5. The second kappa shape index (κ2) is 41.0. The predicted molar refractivity (Wildman–Crippen MR) is 373 cm³/mol. The van der Waals surface area contributed by atoms with Gasteiger partial charge in [0.25, 0.3) is 0 Å². The first kappa shape index (κ1) is 69.1. The highest BCUT2D eigenvalue weighted by molar-refractivity contribution is 5.77. The van der Waals surface area contributed by atoms with Crippen molar-refractivity contribution in [3.8, 4) is 18.2 Å². The van der Waals surface area contributed by atoms with Gasteiger partial charge in [-0.1, -0.05) is 304 Å². The quantitative estimate of drug-likeness (QED) is 0.0625. The second-order valence-corrected chi connectivity index (χ2v) is 27.9. The molecule has 0 spiro atoms. The molecule has 3 saturated carbocycles. The van der Waals surface area contributed by atoms with E-state index >= 15 is 0 Å². The molecule has 0 saturated heterocycles. The van der Waals surface area contributed by atoms with Gasteiger partial charge < -0.3 is 0 Å². The zero-order valence-electron chi connectivity index (χ0n) is 55.2. The predicted octanol–water partition coefficient (Wildman–Crippen LogP) is 25.4. The van der Waals surface area contributed by atoms with E-state index in [0.717, 1.165) is 70.0 Å². The Bertz CT molecular complexity index is 2680. The van der Waals surface area contributed by atoms with Crippen LogP contribution in [-0.4, -0.2) is 0 Å². The van der Waals surface area contributed by atoms with Crippen molar-refractivity contribution < 1.29 is 0 Å². The molecule has 3 aromatic rings. The summed E-state index contributed by atoms with van der Waals surface area (Å²) in [7, 11) is 0. The van der Waals surface area contributed by atoms with Crippen LogP contribution in [0.3, 0.4) is 0 Å². The van der Waals surface area contributed by atoms with Crippen molar-refractivity contribution in [1.82, 2.24) is 0 Å². The zero-order chi connectivity index (χ0) is 60.9. The second-order valence-electron chi connectivity index (χ2n) is 27.9. The standard InChI is InChI=1S/C29H41N.C28H39N.C27H37N/c1-2-3-4-5-6-7-8-9-10-24-11-15-26(16-12-24)28-19-21-29(22-20-28)27-17-13-25(23-30)14-18-27;1-2-3-4-5-6-7-8-9-23-10-14-25(15-11-23)27-18-20-28(21-19-27)26-16-12-24(22-29)13-17-26;1-2-3-4-5-6-7-8-22-9-13-24(14-10-22)26-17-19-27(20-18-26)25-15-11-23(21-28)12-16-25/h13-14,17-19,21-22,24,26,28H,2-12,15-16,20H2,1H3;12-13,16-18,20-21,23,25,27H,2-11,14-15,19H2,1H3;11-12,15-17,19-20,22,24,26H,2-10,13-14,18H2,1H3. The Morgan fingerprint density at radius 2 is 0.529 bits per heavy atom. The van der Waals surface area contributed by atoms with Gasteiger partial charge in [0.05, 0.1) is 34.9 Å². The lowest BCUT2D eigenvalue weighted by Crippen LogP contribution is -2.21. The molecule has 0 N–H and O–H groups in total. The lowest BCUT2D eigenvalue weighted by molar-refractivity contribution is 0.218. The summed E-state index contributed by atoms with van der Waals surface area (Å²) in [6.07, 6.45) is 77.0. The molecule has 3 atom stereocenters. The van der Waals surface area contributed by atoms with Crippen molar-refractivity contribution in [2.75, 3.05) is 0 Å². The first-order valence-corrected chi connectivity index (χ1v) is 36.6. The molecule has 468 valence electrons. The maximum Gasteiger partial charge on any atom is 0.0991 e. The molecule has 3 unspecified atom stereocenters. The van der Waals surface area contributed by atoms with Gasteiger partial charge in [-0.25, -0.2) is 0 Å². The fourth-order valence-electron chi connectivity index (χ4n) is 15.7. The molecule has 6 aliphatic carbocycles. The van der Waals surface area contributed by atoms with Crippen LogP contribution in [0.2, 0.25) is 0 Å². The van der Waals surface area contributed by atoms with Crippen molar-refractivity contribution in [1.29, 1.82) is 15.8 Å². The van der Waals surface area contributed by atoms with Gasteiger partial charge in [-0.15, -0.1) is 0 Å². The molecule has 3 heteroatoms. The normalized spacial score (nSPS) is 24.1. The summed E-state index contributed by atoms with van der Waals surface area (Å²) in [4.78, 5) is 0. The molecule has 0 radical (unpaired) electrons. The van der Waals surface area contributed by atoms with E-state index in [1.54, 1.807) is 0 Å². The van der Waals surface area contributed by atoms with Crippen molar-refractivity contribution in [3.63, 3.8) is 0 Å². The monoisotopic (exact) mass is 1170 g/mol. The molecule has 0 bridgehead atoms. The first-order valence-electron chi connectivity index (χ1n) is 36.6. The van der Waals surface area contributed by atoms with E-state index in [-0.39, 0.29) is 0 Å². The summed E-state index contributed by atoms with van der Waals surface area (Å²) in [6.45, 7) is 6.89. The van der Waals surface area contributed by atoms with Crippen LogP contribution < -0.4 is 0 Å². The van der Waals surface area contributed by atoms with Crippen LogP contribution in [0.1, 0.15) is 305 Å². The molecular formula is C84H117N3. The third-order valence-electron chi connectivity index (χ3n) is 21.6. The summed E-state index contributed by atoms with van der Waals surface area (Å²) in [5.41, 5.74) is 9.86. The topological polar surface area (TPSA) is 71.4 Å². The fraction of sp³-hybridized carbons (Fsp3) is 0.607.